The highest BCUT2D eigenvalue weighted by molar-refractivity contribution is 5.97. The van der Waals surface area contributed by atoms with Crippen molar-refractivity contribution in [3.63, 3.8) is 0 Å². The number of carbonyl (C=O) groups excluding carboxylic acids is 2. The SMILES string of the molecule is CC(=O)NC1CCN(c2ccc3c(c2)CCN(CC(O)CN2CCc4ccccc4C2)C3=O)CC1. The number of hydrogen-bond donors (Lipinski definition) is 2. The number of piperidine rings is 1. The summed E-state index contributed by atoms with van der Waals surface area (Å²) < 4.78 is 0. The van der Waals surface area contributed by atoms with E-state index in [1.165, 1.54) is 11.1 Å². The number of carbonyl (C=O) groups is 2. The highest BCUT2D eigenvalue weighted by atomic mass is 16.3. The Bertz CT molecular complexity index is 1080. The van der Waals surface area contributed by atoms with E-state index in [4.69, 9.17) is 0 Å². The smallest absolute Gasteiger partial charge is 0.254 e. The Labute approximate surface area is 207 Å². The number of amides is 2. The Hall–Kier alpha value is -2.90. The molecule has 1 unspecified atom stereocenters. The van der Waals surface area contributed by atoms with Crippen molar-refractivity contribution in [1.82, 2.24) is 15.1 Å². The summed E-state index contributed by atoms with van der Waals surface area (Å²) >= 11 is 0. The van der Waals surface area contributed by atoms with Gasteiger partial charge in [-0.2, -0.15) is 0 Å². The fourth-order valence-corrected chi connectivity index (χ4v) is 5.78. The molecule has 7 heteroatoms. The Morgan fingerprint density at radius 1 is 1.00 bits per heavy atom. The quantitative estimate of drug-likeness (QED) is 0.669. The van der Waals surface area contributed by atoms with Crippen LogP contribution in [0.15, 0.2) is 42.5 Å². The van der Waals surface area contributed by atoms with Crippen LogP contribution in [-0.2, 0) is 24.2 Å². The Morgan fingerprint density at radius 2 is 1.74 bits per heavy atom. The van der Waals surface area contributed by atoms with Gasteiger partial charge in [-0.3, -0.25) is 14.5 Å². The highest BCUT2D eigenvalue weighted by Gasteiger charge is 2.28. The molecule has 5 rings (SSSR count). The van der Waals surface area contributed by atoms with Crippen molar-refractivity contribution in [2.75, 3.05) is 44.2 Å². The van der Waals surface area contributed by atoms with Gasteiger partial charge in [0.25, 0.3) is 5.91 Å². The lowest BCUT2D eigenvalue weighted by atomic mass is 9.96. The van der Waals surface area contributed by atoms with E-state index in [1.54, 1.807) is 6.92 Å². The second-order valence-electron chi connectivity index (χ2n) is 10.2. The van der Waals surface area contributed by atoms with Crippen molar-refractivity contribution in [1.29, 1.82) is 0 Å². The molecular formula is C28H36N4O3. The second-order valence-corrected chi connectivity index (χ2v) is 10.2. The third-order valence-electron chi connectivity index (χ3n) is 7.63. The van der Waals surface area contributed by atoms with Crippen LogP contribution in [0.25, 0.3) is 0 Å². The van der Waals surface area contributed by atoms with Gasteiger partial charge in [-0.1, -0.05) is 24.3 Å². The minimum Gasteiger partial charge on any atom is -0.390 e. The van der Waals surface area contributed by atoms with E-state index in [0.717, 1.165) is 68.7 Å². The fourth-order valence-electron chi connectivity index (χ4n) is 5.78. The number of benzene rings is 2. The zero-order valence-electron chi connectivity index (χ0n) is 20.6. The normalized spacial score (nSPS) is 19.8. The number of anilines is 1. The van der Waals surface area contributed by atoms with Crippen LogP contribution in [0.4, 0.5) is 5.69 Å². The Kier molecular flexibility index (Phi) is 7.07. The first-order chi connectivity index (χ1) is 17.0. The molecule has 1 fully saturated rings. The highest BCUT2D eigenvalue weighted by Crippen LogP contribution is 2.27. The molecule has 1 saturated heterocycles. The molecule has 35 heavy (non-hydrogen) atoms. The maximum absolute atomic E-state index is 13.2. The van der Waals surface area contributed by atoms with Gasteiger partial charge in [0, 0.05) is 70.0 Å². The van der Waals surface area contributed by atoms with Crippen LogP contribution in [0.3, 0.4) is 0 Å². The standard InChI is InChI=1S/C28H36N4O3/c1-20(33)29-24-10-14-31(15-11-24)25-6-7-27-22(16-25)9-13-32(28(27)35)19-26(34)18-30-12-8-21-4-2-3-5-23(21)17-30/h2-7,16,24,26,34H,8-15,17-19H2,1H3,(H,29,33). The van der Waals surface area contributed by atoms with Gasteiger partial charge in [-0.25, -0.2) is 0 Å². The molecule has 0 radical (unpaired) electrons. The summed E-state index contributed by atoms with van der Waals surface area (Å²) in [6.07, 6.45) is 3.12. The number of hydrogen-bond acceptors (Lipinski definition) is 5. The van der Waals surface area contributed by atoms with Crippen molar-refractivity contribution in [2.45, 2.75) is 51.3 Å². The van der Waals surface area contributed by atoms with Crippen molar-refractivity contribution >= 4 is 17.5 Å². The molecule has 0 aromatic heterocycles. The first-order valence-electron chi connectivity index (χ1n) is 12.9. The van der Waals surface area contributed by atoms with Gasteiger partial charge in [0.1, 0.15) is 0 Å². The topological polar surface area (TPSA) is 76.1 Å². The molecule has 2 aromatic rings. The molecule has 3 aliphatic heterocycles. The predicted molar refractivity (Wildman–Crippen MR) is 137 cm³/mol. The number of β-amino-alcohol motifs (C(OH)–C–C–N with tert-alkyl or cyclic N) is 1. The zero-order valence-corrected chi connectivity index (χ0v) is 20.6. The summed E-state index contributed by atoms with van der Waals surface area (Å²) in [5.74, 6) is 0.0527. The van der Waals surface area contributed by atoms with Crippen LogP contribution >= 0.6 is 0 Å². The first kappa shape index (κ1) is 23.8. The minimum absolute atomic E-state index is 0.0187. The minimum atomic E-state index is -0.560. The molecule has 3 aliphatic rings. The summed E-state index contributed by atoms with van der Waals surface area (Å²) in [7, 11) is 0. The second kappa shape index (κ2) is 10.4. The number of nitrogens with one attached hydrogen (secondary N) is 1. The average molecular weight is 477 g/mol. The van der Waals surface area contributed by atoms with E-state index in [0.29, 0.717) is 19.6 Å². The molecule has 7 nitrogen and oxygen atoms in total. The van der Waals surface area contributed by atoms with Crippen LogP contribution < -0.4 is 10.2 Å². The molecular weight excluding hydrogens is 440 g/mol. The van der Waals surface area contributed by atoms with E-state index >= 15 is 0 Å². The summed E-state index contributed by atoms with van der Waals surface area (Å²) in [6.45, 7) is 6.76. The van der Waals surface area contributed by atoms with Gasteiger partial charge >= 0.3 is 0 Å². The summed E-state index contributed by atoms with van der Waals surface area (Å²) in [5.41, 5.74) is 5.74. The van der Waals surface area contributed by atoms with E-state index in [-0.39, 0.29) is 17.9 Å². The van der Waals surface area contributed by atoms with E-state index in [2.05, 4.69) is 45.4 Å². The van der Waals surface area contributed by atoms with Crippen LogP contribution in [0.2, 0.25) is 0 Å². The molecule has 2 N–H and O–H groups in total. The number of aliphatic hydroxyl groups is 1. The lowest BCUT2D eigenvalue weighted by Gasteiger charge is -2.36. The molecule has 1 atom stereocenters. The van der Waals surface area contributed by atoms with Crippen molar-refractivity contribution in [3.8, 4) is 0 Å². The number of aliphatic hydroxyl groups excluding tert-OH is 1. The van der Waals surface area contributed by atoms with Crippen LogP contribution in [-0.4, -0.2) is 78.1 Å². The molecule has 2 amide bonds. The van der Waals surface area contributed by atoms with Gasteiger partial charge in [0.15, 0.2) is 0 Å². The molecule has 3 heterocycles. The molecule has 0 aliphatic carbocycles. The lowest BCUT2D eigenvalue weighted by molar-refractivity contribution is -0.119. The predicted octanol–water partition coefficient (Wildman–Crippen LogP) is 2.21. The summed E-state index contributed by atoms with van der Waals surface area (Å²) in [5, 5.41) is 13.8. The lowest BCUT2D eigenvalue weighted by Crippen LogP contribution is -2.46. The van der Waals surface area contributed by atoms with Crippen LogP contribution in [0, 0.1) is 0 Å². The average Bonchev–Trinajstić information content (AvgIpc) is 2.85. The molecule has 0 bridgehead atoms. The summed E-state index contributed by atoms with van der Waals surface area (Å²) in [4.78, 5) is 30.9. The molecule has 0 spiro atoms. The van der Waals surface area contributed by atoms with E-state index in [1.807, 2.05) is 17.0 Å². The van der Waals surface area contributed by atoms with Gasteiger partial charge in [0.05, 0.1) is 6.10 Å². The Morgan fingerprint density at radius 3 is 2.51 bits per heavy atom. The molecule has 2 aromatic carbocycles. The van der Waals surface area contributed by atoms with Crippen molar-refractivity contribution < 1.29 is 14.7 Å². The third-order valence-corrected chi connectivity index (χ3v) is 7.63. The van der Waals surface area contributed by atoms with E-state index < -0.39 is 6.10 Å². The third kappa shape index (κ3) is 5.52. The van der Waals surface area contributed by atoms with Gasteiger partial charge < -0.3 is 20.2 Å². The number of rotatable bonds is 6. The first-order valence-corrected chi connectivity index (χ1v) is 12.9. The monoisotopic (exact) mass is 476 g/mol. The van der Waals surface area contributed by atoms with Gasteiger partial charge in [-0.15, -0.1) is 0 Å². The van der Waals surface area contributed by atoms with Gasteiger partial charge in [-0.05, 0) is 60.6 Å². The van der Waals surface area contributed by atoms with Crippen molar-refractivity contribution in [2.24, 2.45) is 0 Å². The van der Waals surface area contributed by atoms with Gasteiger partial charge in [0.2, 0.25) is 5.91 Å². The maximum atomic E-state index is 13.2. The summed E-state index contributed by atoms with van der Waals surface area (Å²) in [6, 6.07) is 14.9. The number of fused-ring (bicyclic) bond motifs is 2. The maximum Gasteiger partial charge on any atom is 0.254 e. The van der Waals surface area contributed by atoms with E-state index in [9.17, 15) is 14.7 Å². The largest absolute Gasteiger partial charge is 0.390 e. The zero-order chi connectivity index (χ0) is 24.4. The molecule has 0 saturated carbocycles. The van der Waals surface area contributed by atoms with Crippen molar-refractivity contribution in [3.05, 3.63) is 64.7 Å². The van der Waals surface area contributed by atoms with Crippen LogP contribution in [0.1, 0.15) is 46.8 Å². The Balaban J connectivity index is 1.15. The molecule has 186 valence electrons. The fraction of sp³-hybridized carbons (Fsp3) is 0.500. The van der Waals surface area contributed by atoms with Crippen LogP contribution in [0.5, 0.6) is 0 Å². The number of nitrogens with zero attached hydrogens (tertiary/aromatic N) is 3.